The minimum absolute atomic E-state index is 0.614. The third kappa shape index (κ3) is 2.01. The molecule has 0 saturated carbocycles. The van der Waals surface area contributed by atoms with E-state index in [2.05, 4.69) is 17.1 Å². The Morgan fingerprint density at radius 2 is 2.25 bits per heavy atom. The van der Waals surface area contributed by atoms with Crippen molar-refractivity contribution < 1.29 is 5.02 Å². The van der Waals surface area contributed by atoms with Gasteiger partial charge in [0.25, 0.3) is 0 Å². The predicted octanol–water partition coefficient (Wildman–Crippen LogP) is -0.374. The molecule has 0 aliphatic heterocycles. The van der Waals surface area contributed by atoms with E-state index < -0.39 is 0 Å². The van der Waals surface area contributed by atoms with E-state index in [0.717, 1.165) is 0 Å². The van der Waals surface area contributed by atoms with Crippen LogP contribution in [0.4, 0.5) is 0 Å². The first-order valence-electron chi connectivity index (χ1n) is 0.716. The SMILES string of the molecule is OB=NS. The van der Waals surface area contributed by atoms with E-state index in [-0.39, 0.29) is 0 Å². The van der Waals surface area contributed by atoms with Crippen LogP contribution in [0.3, 0.4) is 0 Å². The van der Waals surface area contributed by atoms with Gasteiger partial charge in [0.15, 0.2) is 0 Å². The Labute approximate surface area is 30.4 Å². The molecule has 0 fully saturated rings. The van der Waals surface area contributed by atoms with E-state index in [1.807, 2.05) is 0 Å². The van der Waals surface area contributed by atoms with E-state index in [4.69, 9.17) is 5.02 Å². The average molecular weight is 74.9 g/mol. The van der Waals surface area contributed by atoms with E-state index in [9.17, 15) is 0 Å². The second kappa shape index (κ2) is 3.01. The molecule has 0 aromatic rings. The molecule has 0 heterocycles. The Morgan fingerprint density at radius 3 is 2.25 bits per heavy atom. The van der Waals surface area contributed by atoms with E-state index in [1.165, 1.54) is 0 Å². The summed E-state index contributed by atoms with van der Waals surface area (Å²) in [5.41, 5.74) is 0. The first-order valence-corrected chi connectivity index (χ1v) is 1.12. The summed E-state index contributed by atoms with van der Waals surface area (Å²) in [6.07, 6.45) is 0. The van der Waals surface area contributed by atoms with Crippen LogP contribution in [0.2, 0.25) is 0 Å². The van der Waals surface area contributed by atoms with Gasteiger partial charge >= 0.3 is 29.4 Å². The summed E-state index contributed by atoms with van der Waals surface area (Å²) in [5, 5.41) is 7.51. The van der Waals surface area contributed by atoms with E-state index >= 15 is 0 Å². The van der Waals surface area contributed by atoms with Gasteiger partial charge < -0.3 is 0 Å². The topological polar surface area (TPSA) is 32.6 Å². The molecule has 0 aromatic carbocycles. The molecule has 0 spiro atoms. The van der Waals surface area contributed by atoms with Crippen LogP contribution in [0.25, 0.3) is 0 Å². The Bertz CT molecular complexity index is 23.2. The van der Waals surface area contributed by atoms with Gasteiger partial charge in [0.2, 0.25) is 0 Å². The Hall–Kier alpha value is 0.0149. The maximum atomic E-state index is 7.51. The summed E-state index contributed by atoms with van der Waals surface area (Å²) >= 11 is 3.24. The normalized spacial score (nSPS) is 7.25. The molecular weight excluding hydrogens is 72.9 g/mol. The van der Waals surface area contributed by atoms with Gasteiger partial charge in [-0.25, -0.2) is 0 Å². The zero-order valence-corrected chi connectivity index (χ0v) is 2.81. The van der Waals surface area contributed by atoms with Crippen molar-refractivity contribution in [3.8, 4) is 0 Å². The quantitative estimate of drug-likeness (QED) is 0.298. The number of hydrogen-bond acceptors (Lipinski definition) is 2. The van der Waals surface area contributed by atoms with Crippen molar-refractivity contribution >= 4 is 20.1 Å². The first-order chi connectivity index (χ1) is 1.91. The second-order valence-corrected chi connectivity index (χ2v) is 0.462. The van der Waals surface area contributed by atoms with Gasteiger partial charge in [-0.15, -0.1) is 0 Å². The van der Waals surface area contributed by atoms with Gasteiger partial charge in [-0.1, -0.05) is 0 Å². The fraction of sp³-hybridized carbons (Fsp3) is 0. The predicted molar refractivity (Wildman–Crippen MR) is 19.4 cm³/mol. The first kappa shape index (κ1) is 4.01. The number of rotatable bonds is 0. The zero-order chi connectivity index (χ0) is 3.41. The van der Waals surface area contributed by atoms with Crippen molar-refractivity contribution in [2.24, 2.45) is 4.30 Å². The fourth-order valence-electron chi connectivity index (χ4n) is 0. The van der Waals surface area contributed by atoms with Crippen molar-refractivity contribution in [2.45, 2.75) is 0 Å². The van der Waals surface area contributed by atoms with Crippen LogP contribution in [0.15, 0.2) is 4.30 Å². The van der Waals surface area contributed by atoms with Crippen molar-refractivity contribution in [3.63, 3.8) is 0 Å². The summed E-state index contributed by atoms with van der Waals surface area (Å²) in [6, 6.07) is 0. The average Bonchev–Trinajstić information content (AvgIpc) is 1.37. The van der Waals surface area contributed by atoms with Crippen molar-refractivity contribution in [3.05, 3.63) is 0 Å². The molecule has 4 heavy (non-hydrogen) atoms. The summed E-state index contributed by atoms with van der Waals surface area (Å²) < 4.78 is 2.86. The summed E-state index contributed by atoms with van der Waals surface area (Å²) in [4.78, 5) is 0. The molecule has 2 nitrogen and oxygen atoms in total. The monoisotopic (exact) mass is 75.0 g/mol. The van der Waals surface area contributed by atoms with Gasteiger partial charge in [-0.2, -0.15) is 0 Å². The van der Waals surface area contributed by atoms with Crippen LogP contribution < -0.4 is 0 Å². The number of hydrogen-bond donors (Lipinski definition) is 2. The van der Waals surface area contributed by atoms with Crippen LogP contribution in [0, 0.1) is 0 Å². The van der Waals surface area contributed by atoms with E-state index in [0.29, 0.717) is 7.27 Å². The minimum atomic E-state index is 0.614. The fourth-order valence-corrected chi connectivity index (χ4v) is 0. The second-order valence-electron chi connectivity index (χ2n) is 0.231. The van der Waals surface area contributed by atoms with Gasteiger partial charge in [-0.05, 0) is 0 Å². The molecule has 0 amide bonds. The van der Waals surface area contributed by atoms with Gasteiger partial charge in [-0.3, -0.25) is 0 Å². The molecule has 0 saturated heterocycles. The van der Waals surface area contributed by atoms with Crippen molar-refractivity contribution in [2.75, 3.05) is 0 Å². The molecular formula is H2BNOS. The van der Waals surface area contributed by atoms with E-state index in [1.54, 1.807) is 0 Å². The molecule has 4 heteroatoms. The third-order valence-electron chi connectivity index (χ3n) is 0.0516. The summed E-state index contributed by atoms with van der Waals surface area (Å²) in [5.74, 6) is 0. The molecule has 0 aliphatic rings. The molecule has 0 rings (SSSR count). The third-order valence-corrected chi connectivity index (χ3v) is 0.155. The van der Waals surface area contributed by atoms with Gasteiger partial charge in [0, 0.05) is 0 Å². The van der Waals surface area contributed by atoms with Crippen LogP contribution in [0.5, 0.6) is 0 Å². The number of thiol groups is 1. The van der Waals surface area contributed by atoms with Crippen LogP contribution >= 0.6 is 12.8 Å². The van der Waals surface area contributed by atoms with Crippen molar-refractivity contribution in [1.82, 2.24) is 0 Å². The Balaban J connectivity index is 2.55. The van der Waals surface area contributed by atoms with Crippen LogP contribution in [-0.2, 0) is 0 Å². The standard InChI is InChI=1S/BH2NOS/c3-1-2-4/h3-4H. The van der Waals surface area contributed by atoms with Crippen LogP contribution in [-0.4, -0.2) is 12.3 Å². The summed E-state index contributed by atoms with van der Waals surface area (Å²) in [7, 11) is 0.614. The van der Waals surface area contributed by atoms with Gasteiger partial charge in [0.1, 0.15) is 0 Å². The molecule has 0 unspecified atom stereocenters. The summed E-state index contributed by atoms with van der Waals surface area (Å²) in [6.45, 7) is 0. The Morgan fingerprint density at radius 1 is 2.00 bits per heavy atom. The van der Waals surface area contributed by atoms with Crippen LogP contribution in [0.1, 0.15) is 0 Å². The van der Waals surface area contributed by atoms with Gasteiger partial charge in [0.05, 0.1) is 0 Å². The zero-order valence-electron chi connectivity index (χ0n) is 1.92. The molecule has 0 aromatic heterocycles. The molecule has 22 valence electrons. The maximum absolute atomic E-state index is 7.51. The molecule has 0 atom stereocenters. The Kier molecular flexibility index (Phi) is 3.03. The number of nitrogens with zero attached hydrogens (tertiary/aromatic N) is 1. The molecule has 0 bridgehead atoms. The van der Waals surface area contributed by atoms with Crippen molar-refractivity contribution in [1.29, 1.82) is 0 Å². The molecule has 0 radical (unpaired) electrons. The molecule has 0 aliphatic carbocycles. The molecule has 1 N–H and O–H groups in total.